The lowest BCUT2D eigenvalue weighted by Crippen LogP contribution is -2.55. The normalized spacial score (nSPS) is 18.6. The van der Waals surface area contributed by atoms with E-state index in [9.17, 15) is 10.1 Å². The topological polar surface area (TPSA) is 88.8 Å². The number of anilines is 2. The third-order valence-corrected chi connectivity index (χ3v) is 9.58. The van der Waals surface area contributed by atoms with E-state index in [1.165, 1.54) is 25.3 Å². The van der Waals surface area contributed by atoms with Crippen LogP contribution < -0.4 is 14.5 Å². The molecule has 0 spiro atoms. The van der Waals surface area contributed by atoms with Gasteiger partial charge in [-0.2, -0.15) is 15.2 Å². The second-order valence-corrected chi connectivity index (χ2v) is 12.6. The summed E-state index contributed by atoms with van der Waals surface area (Å²) < 4.78 is 6.23. The Morgan fingerprint density at radius 3 is 2.75 bits per heavy atom. The first-order chi connectivity index (χ1) is 21.4. The molecule has 9 nitrogen and oxygen atoms in total. The molecule has 0 bridgehead atoms. The summed E-state index contributed by atoms with van der Waals surface area (Å²) in [6.07, 6.45) is 6.31. The Kier molecular flexibility index (Phi) is 9.20. The van der Waals surface area contributed by atoms with Crippen molar-refractivity contribution in [2.75, 3.05) is 62.7 Å². The van der Waals surface area contributed by atoms with Crippen LogP contribution in [-0.2, 0) is 17.8 Å². The van der Waals surface area contributed by atoms with Gasteiger partial charge >= 0.3 is 6.01 Å². The van der Waals surface area contributed by atoms with E-state index in [1.807, 2.05) is 12.1 Å². The SMILES string of the molecule is C=CC(=O)N1CCN(c2nc(OCCN(C)CC3CCC3)nc3c2CCN(c2cccc4cccc(Cl)c24)C3)C[C@@H]1CC#N. The number of hydrogen-bond donors (Lipinski definition) is 0. The molecule has 2 aliphatic heterocycles. The number of piperazine rings is 1. The van der Waals surface area contributed by atoms with Crippen molar-refractivity contribution in [3.63, 3.8) is 0 Å². The van der Waals surface area contributed by atoms with Crippen LogP contribution in [0.15, 0.2) is 49.1 Å². The van der Waals surface area contributed by atoms with Gasteiger partial charge in [-0.3, -0.25) is 4.79 Å². The number of ether oxygens (including phenoxy) is 1. The molecule has 3 heterocycles. The maximum atomic E-state index is 12.5. The lowest BCUT2D eigenvalue weighted by atomic mass is 9.85. The molecule has 0 unspecified atom stereocenters. The Hall–Kier alpha value is -3.87. The fraction of sp³-hybridized carbons (Fsp3) is 0.471. The van der Waals surface area contributed by atoms with E-state index in [0.29, 0.717) is 38.8 Å². The van der Waals surface area contributed by atoms with Gasteiger partial charge in [0.1, 0.15) is 12.4 Å². The van der Waals surface area contributed by atoms with Crippen LogP contribution in [-0.4, -0.2) is 84.6 Å². The molecule has 2 aromatic carbocycles. The van der Waals surface area contributed by atoms with E-state index < -0.39 is 0 Å². The predicted molar refractivity (Wildman–Crippen MR) is 174 cm³/mol. The number of aromatic nitrogens is 2. The van der Waals surface area contributed by atoms with Crippen LogP contribution in [0.2, 0.25) is 5.02 Å². The molecule has 1 saturated heterocycles. The number of carbonyl (C=O) groups excluding carboxylic acids is 1. The van der Waals surface area contributed by atoms with Crippen LogP contribution in [0.5, 0.6) is 6.01 Å². The molecule has 44 heavy (non-hydrogen) atoms. The Bertz CT molecular complexity index is 1560. The molecule has 3 aromatic rings. The number of halogens is 1. The van der Waals surface area contributed by atoms with Crippen LogP contribution in [0.4, 0.5) is 11.5 Å². The van der Waals surface area contributed by atoms with E-state index in [0.717, 1.165) is 70.5 Å². The Balaban J connectivity index is 1.28. The number of amides is 1. The summed E-state index contributed by atoms with van der Waals surface area (Å²) in [5.41, 5.74) is 3.12. The summed E-state index contributed by atoms with van der Waals surface area (Å²) >= 11 is 6.70. The third-order valence-electron chi connectivity index (χ3n) is 9.26. The molecule has 1 aliphatic carbocycles. The van der Waals surface area contributed by atoms with Crippen molar-refractivity contribution in [3.05, 3.63) is 65.3 Å². The van der Waals surface area contributed by atoms with E-state index in [1.54, 1.807) is 4.90 Å². The van der Waals surface area contributed by atoms with Crippen molar-refractivity contribution in [1.82, 2.24) is 19.8 Å². The number of nitriles is 1. The second-order valence-electron chi connectivity index (χ2n) is 12.1. The number of carbonyl (C=O) groups is 1. The van der Waals surface area contributed by atoms with Gasteiger partial charge in [0, 0.05) is 55.9 Å². The van der Waals surface area contributed by atoms with E-state index in [4.69, 9.17) is 26.3 Å². The maximum absolute atomic E-state index is 12.5. The molecule has 0 N–H and O–H groups in total. The zero-order valence-corrected chi connectivity index (χ0v) is 26.2. The van der Waals surface area contributed by atoms with Gasteiger partial charge in [0.25, 0.3) is 0 Å². The minimum Gasteiger partial charge on any atom is -0.462 e. The molecular weight excluding hydrogens is 574 g/mol. The van der Waals surface area contributed by atoms with E-state index in [2.05, 4.69) is 58.7 Å². The third kappa shape index (κ3) is 6.33. The van der Waals surface area contributed by atoms with Gasteiger partial charge in [-0.1, -0.05) is 48.9 Å². The summed E-state index contributed by atoms with van der Waals surface area (Å²) in [5, 5.41) is 12.4. The largest absolute Gasteiger partial charge is 0.462 e. The fourth-order valence-electron chi connectivity index (χ4n) is 6.70. The van der Waals surface area contributed by atoms with Gasteiger partial charge in [0.05, 0.1) is 35.8 Å². The van der Waals surface area contributed by atoms with Crippen molar-refractivity contribution in [3.8, 4) is 12.1 Å². The number of hydrogen-bond acceptors (Lipinski definition) is 8. The Labute approximate surface area is 264 Å². The summed E-state index contributed by atoms with van der Waals surface area (Å²) in [5.74, 6) is 1.50. The lowest BCUT2D eigenvalue weighted by Gasteiger charge is -2.42. The predicted octanol–water partition coefficient (Wildman–Crippen LogP) is 5.07. The molecule has 10 heteroatoms. The van der Waals surface area contributed by atoms with Crippen molar-refractivity contribution in [2.24, 2.45) is 5.92 Å². The van der Waals surface area contributed by atoms with E-state index >= 15 is 0 Å². The standard InChI is InChI=1S/C34H40ClN7O2/c1-3-31(43)42-18-17-41(22-26(42)13-15-36)33-27-14-16-40(30-12-6-10-25-9-5-11-28(35)32(25)30)23-29(27)37-34(38-33)44-20-19-39(2)21-24-7-4-8-24/h3,5-6,9-12,24,26H,1,4,7-8,13-14,16-23H2,2H3/t26-/m0/s1. The lowest BCUT2D eigenvalue weighted by molar-refractivity contribution is -0.128. The van der Waals surface area contributed by atoms with Gasteiger partial charge < -0.3 is 24.3 Å². The molecule has 1 aromatic heterocycles. The number of fused-ring (bicyclic) bond motifs is 2. The number of nitrogens with zero attached hydrogens (tertiary/aromatic N) is 7. The summed E-state index contributed by atoms with van der Waals surface area (Å²) in [7, 11) is 2.15. The van der Waals surface area contributed by atoms with Gasteiger partial charge in [-0.05, 0) is 55.8 Å². The molecule has 1 saturated carbocycles. The summed E-state index contributed by atoms with van der Waals surface area (Å²) in [4.78, 5) is 31.1. The van der Waals surface area contributed by atoms with Crippen molar-refractivity contribution in [2.45, 2.75) is 44.7 Å². The number of rotatable bonds is 10. The molecule has 1 atom stereocenters. The molecule has 230 valence electrons. The van der Waals surface area contributed by atoms with Crippen LogP contribution in [0.25, 0.3) is 10.8 Å². The fourth-order valence-corrected chi connectivity index (χ4v) is 6.97. The van der Waals surface area contributed by atoms with Crippen LogP contribution in [0.3, 0.4) is 0 Å². The highest BCUT2D eigenvalue weighted by Gasteiger charge is 2.33. The zero-order valence-electron chi connectivity index (χ0n) is 25.4. The summed E-state index contributed by atoms with van der Waals surface area (Å²) in [6, 6.07) is 14.7. The maximum Gasteiger partial charge on any atom is 0.318 e. The first kappa shape index (κ1) is 30.2. The Morgan fingerprint density at radius 1 is 1.18 bits per heavy atom. The Morgan fingerprint density at radius 2 is 2.00 bits per heavy atom. The average Bonchev–Trinajstić information content (AvgIpc) is 3.02. The minimum atomic E-state index is -0.243. The van der Waals surface area contributed by atoms with Gasteiger partial charge in [-0.25, -0.2) is 0 Å². The van der Waals surface area contributed by atoms with Gasteiger partial charge in [0.15, 0.2) is 0 Å². The number of likely N-dealkylation sites (N-methyl/N-ethyl adjacent to an activating group) is 1. The second kappa shape index (κ2) is 13.4. The van der Waals surface area contributed by atoms with Gasteiger partial charge in [-0.15, -0.1) is 0 Å². The van der Waals surface area contributed by atoms with Crippen LogP contribution in [0, 0.1) is 17.2 Å². The highest BCUT2D eigenvalue weighted by molar-refractivity contribution is 6.36. The highest BCUT2D eigenvalue weighted by atomic mass is 35.5. The van der Waals surface area contributed by atoms with Crippen molar-refractivity contribution < 1.29 is 9.53 Å². The molecule has 6 rings (SSSR count). The zero-order chi connectivity index (χ0) is 30.6. The van der Waals surface area contributed by atoms with Crippen molar-refractivity contribution >= 4 is 39.8 Å². The first-order valence-electron chi connectivity index (χ1n) is 15.6. The average molecular weight is 614 g/mol. The smallest absolute Gasteiger partial charge is 0.318 e. The minimum absolute atomic E-state index is 0.144. The van der Waals surface area contributed by atoms with E-state index in [-0.39, 0.29) is 18.4 Å². The van der Waals surface area contributed by atoms with Gasteiger partial charge in [0.2, 0.25) is 5.91 Å². The van der Waals surface area contributed by atoms with Crippen molar-refractivity contribution in [1.29, 1.82) is 5.26 Å². The number of benzene rings is 2. The van der Waals surface area contributed by atoms with Crippen LogP contribution >= 0.6 is 11.6 Å². The summed E-state index contributed by atoms with van der Waals surface area (Å²) in [6.45, 7) is 9.07. The molecule has 0 radical (unpaired) electrons. The first-order valence-corrected chi connectivity index (χ1v) is 16.0. The molecular formula is C34H40ClN7O2. The molecule has 2 fully saturated rings. The van der Waals surface area contributed by atoms with Crippen LogP contribution in [0.1, 0.15) is 36.9 Å². The monoisotopic (exact) mass is 613 g/mol. The quantitative estimate of drug-likeness (QED) is 0.293. The molecule has 1 amide bonds. The highest BCUT2D eigenvalue weighted by Crippen LogP contribution is 2.37. The molecule has 3 aliphatic rings.